The fourth-order valence-corrected chi connectivity index (χ4v) is 3.97. The molecule has 2 N–H and O–H groups in total. The number of tetrazole rings is 1. The van der Waals surface area contributed by atoms with E-state index in [-0.39, 0.29) is 12.2 Å². The van der Waals surface area contributed by atoms with Gasteiger partial charge in [-0.25, -0.2) is 14.3 Å². The third-order valence-electron chi connectivity index (χ3n) is 5.79. The summed E-state index contributed by atoms with van der Waals surface area (Å²) >= 11 is 0. The number of carbonyl (C=O) groups is 1. The lowest BCUT2D eigenvalue weighted by Gasteiger charge is -2.10. The molecule has 0 fully saturated rings. The first-order valence-electron chi connectivity index (χ1n) is 11.9. The Balaban J connectivity index is 1.56. The molecule has 4 rings (SSSR count). The van der Waals surface area contributed by atoms with Crippen molar-refractivity contribution in [1.29, 1.82) is 0 Å². The van der Waals surface area contributed by atoms with Crippen LogP contribution in [0.4, 0.5) is 0 Å². The molecule has 0 bridgehead atoms. The molecule has 2 heterocycles. The zero-order chi connectivity index (χ0) is 25.5. The van der Waals surface area contributed by atoms with E-state index < -0.39 is 18.7 Å². The lowest BCUT2D eigenvalue weighted by atomic mass is 9.98. The highest BCUT2D eigenvalue weighted by Gasteiger charge is 2.17. The Morgan fingerprint density at radius 3 is 2.56 bits per heavy atom. The molecule has 0 amide bonds. The number of aromatic amines is 1. The number of nitrogens with zero attached hydrogens (tertiary/aromatic N) is 6. The highest BCUT2D eigenvalue weighted by Crippen LogP contribution is 2.29. The van der Waals surface area contributed by atoms with Gasteiger partial charge in [-0.05, 0) is 35.2 Å². The molecule has 36 heavy (non-hydrogen) atoms. The van der Waals surface area contributed by atoms with Gasteiger partial charge >= 0.3 is 11.7 Å². The summed E-state index contributed by atoms with van der Waals surface area (Å²) in [5.41, 5.74) is 3.58. The van der Waals surface area contributed by atoms with Gasteiger partial charge in [0, 0.05) is 12.0 Å². The van der Waals surface area contributed by atoms with Crippen LogP contribution in [0.1, 0.15) is 38.1 Å². The van der Waals surface area contributed by atoms with Gasteiger partial charge in [-0.2, -0.15) is 10.3 Å². The number of carboxylic acids is 1. The molecule has 4 aromatic rings. The van der Waals surface area contributed by atoms with E-state index >= 15 is 0 Å². The highest BCUT2D eigenvalue weighted by molar-refractivity contribution is 5.80. The van der Waals surface area contributed by atoms with E-state index in [1.54, 1.807) is 11.5 Å². The maximum absolute atomic E-state index is 13.2. The number of ether oxygens (including phenoxy) is 1. The molecule has 2 aromatic carbocycles. The average molecular weight is 492 g/mol. The first-order valence-corrected chi connectivity index (χ1v) is 11.9. The summed E-state index contributed by atoms with van der Waals surface area (Å²) in [7, 11) is 0. The SMILES string of the molecule is CCCCc1nn(CC(C)OCC(=O)O)c(=O)n1Cc1ccc(-c2ccccc2-c2nn[nH]n2)cc1. The van der Waals surface area contributed by atoms with Crippen molar-refractivity contribution in [3.8, 4) is 22.5 Å². The average Bonchev–Trinajstić information content (AvgIpc) is 3.52. The topological polar surface area (TPSA) is 141 Å². The molecule has 11 heteroatoms. The van der Waals surface area contributed by atoms with Crippen LogP contribution in [0.25, 0.3) is 22.5 Å². The number of aromatic nitrogens is 7. The maximum atomic E-state index is 13.2. The van der Waals surface area contributed by atoms with E-state index in [4.69, 9.17) is 9.84 Å². The number of hydrogen-bond acceptors (Lipinski definition) is 7. The lowest BCUT2D eigenvalue weighted by Crippen LogP contribution is -2.30. The Morgan fingerprint density at radius 2 is 1.89 bits per heavy atom. The third-order valence-corrected chi connectivity index (χ3v) is 5.79. The monoisotopic (exact) mass is 491 g/mol. The number of unbranched alkanes of at least 4 members (excludes halogenated alkanes) is 1. The van der Waals surface area contributed by atoms with Crippen LogP contribution >= 0.6 is 0 Å². The lowest BCUT2D eigenvalue weighted by molar-refractivity contribution is -0.144. The fraction of sp³-hybridized carbons (Fsp3) is 0.360. The molecule has 0 spiro atoms. The van der Waals surface area contributed by atoms with Crippen molar-refractivity contribution in [2.75, 3.05) is 6.61 Å². The molecule has 0 saturated heterocycles. The highest BCUT2D eigenvalue weighted by atomic mass is 16.5. The molecule has 0 aliphatic heterocycles. The summed E-state index contributed by atoms with van der Waals surface area (Å²) in [6, 6.07) is 15.9. The minimum absolute atomic E-state index is 0.185. The summed E-state index contributed by atoms with van der Waals surface area (Å²) in [5, 5.41) is 27.7. The maximum Gasteiger partial charge on any atom is 0.346 e. The van der Waals surface area contributed by atoms with Crippen LogP contribution in [-0.4, -0.2) is 58.8 Å². The smallest absolute Gasteiger partial charge is 0.346 e. The number of benzene rings is 2. The number of nitrogens with one attached hydrogen (secondary N) is 1. The van der Waals surface area contributed by atoms with E-state index in [0.29, 0.717) is 24.6 Å². The molecular formula is C25H29N7O4. The Kier molecular flexibility index (Phi) is 8.01. The summed E-state index contributed by atoms with van der Waals surface area (Å²) in [6.07, 6.45) is 2.11. The van der Waals surface area contributed by atoms with Gasteiger partial charge in [-0.15, -0.1) is 10.2 Å². The molecule has 1 atom stereocenters. The standard InChI is InChI=1S/C25H29N7O4/c1-3-4-9-22-28-32(14-17(2)36-16-23(33)34)25(35)31(22)15-18-10-12-19(13-11-18)20-7-5-6-8-21(20)24-26-29-30-27-24/h5-8,10-13,17H,3-4,9,14-16H2,1-2H3,(H,33,34)(H,26,27,29,30). The van der Waals surface area contributed by atoms with E-state index in [2.05, 4.69) is 32.6 Å². The van der Waals surface area contributed by atoms with Gasteiger partial charge in [0.25, 0.3) is 0 Å². The minimum Gasteiger partial charge on any atom is -0.480 e. The van der Waals surface area contributed by atoms with Crippen molar-refractivity contribution >= 4 is 5.97 Å². The van der Waals surface area contributed by atoms with Gasteiger partial charge in [0.15, 0.2) is 0 Å². The van der Waals surface area contributed by atoms with E-state index in [0.717, 1.165) is 35.1 Å². The van der Waals surface area contributed by atoms with Crippen LogP contribution in [0, 0.1) is 0 Å². The van der Waals surface area contributed by atoms with Crippen molar-refractivity contribution in [1.82, 2.24) is 35.0 Å². The molecule has 2 aromatic heterocycles. The summed E-state index contributed by atoms with van der Waals surface area (Å²) < 4.78 is 8.33. The fourth-order valence-electron chi connectivity index (χ4n) is 3.97. The van der Waals surface area contributed by atoms with Crippen molar-refractivity contribution < 1.29 is 14.6 Å². The number of aliphatic carboxylic acids is 1. The molecule has 188 valence electrons. The molecule has 0 saturated carbocycles. The number of carboxylic acid groups (broad SMARTS) is 1. The summed E-state index contributed by atoms with van der Waals surface area (Å²) in [5.74, 6) is 0.182. The molecule has 0 aliphatic rings. The van der Waals surface area contributed by atoms with Crippen LogP contribution in [0.5, 0.6) is 0 Å². The number of H-pyrrole nitrogens is 1. The van der Waals surface area contributed by atoms with Gasteiger partial charge < -0.3 is 9.84 Å². The van der Waals surface area contributed by atoms with Crippen LogP contribution in [0.3, 0.4) is 0 Å². The Labute approximate surface area is 207 Å². The minimum atomic E-state index is -1.05. The molecule has 0 radical (unpaired) electrons. The molecule has 1 unspecified atom stereocenters. The van der Waals surface area contributed by atoms with Crippen molar-refractivity contribution in [3.63, 3.8) is 0 Å². The summed E-state index contributed by atoms with van der Waals surface area (Å²) in [4.78, 5) is 23.9. The summed E-state index contributed by atoms with van der Waals surface area (Å²) in [6.45, 7) is 3.97. The molecule has 0 aliphatic carbocycles. The zero-order valence-electron chi connectivity index (χ0n) is 20.3. The Bertz CT molecular complexity index is 1340. The van der Waals surface area contributed by atoms with Gasteiger partial charge in [0.05, 0.1) is 19.2 Å². The third kappa shape index (κ3) is 5.92. The van der Waals surface area contributed by atoms with Gasteiger partial charge in [-0.3, -0.25) is 4.57 Å². The number of rotatable bonds is 12. The Morgan fingerprint density at radius 1 is 1.14 bits per heavy atom. The largest absolute Gasteiger partial charge is 0.480 e. The van der Waals surface area contributed by atoms with E-state index in [1.165, 1.54) is 4.68 Å². The second-order valence-corrected chi connectivity index (χ2v) is 8.56. The predicted octanol–water partition coefficient (Wildman–Crippen LogP) is 2.77. The van der Waals surface area contributed by atoms with Crippen LogP contribution in [-0.2, 0) is 29.0 Å². The quantitative estimate of drug-likeness (QED) is 0.308. The van der Waals surface area contributed by atoms with Crippen molar-refractivity contribution in [3.05, 3.63) is 70.4 Å². The van der Waals surface area contributed by atoms with E-state index in [9.17, 15) is 9.59 Å². The van der Waals surface area contributed by atoms with Crippen LogP contribution in [0.2, 0.25) is 0 Å². The van der Waals surface area contributed by atoms with Crippen molar-refractivity contribution in [2.24, 2.45) is 0 Å². The van der Waals surface area contributed by atoms with Crippen molar-refractivity contribution in [2.45, 2.75) is 52.3 Å². The van der Waals surface area contributed by atoms with Gasteiger partial charge in [-0.1, -0.05) is 61.9 Å². The van der Waals surface area contributed by atoms with Gasteiger partial charge in [0.2, 0.25) is 5.82 Å². The first-order chi connectivity index (χ1) is 17.5. The molecular weight excluding hydrogens is 462 g/mol. The second kappa shape index (κ2) is 11.5. The first kappa shape index (κ1) is 25.0. The normalized spacial score (nSPS) is 12.1. The number of hydrogen-bond donors (Lipinski definition) is 2. The Hall–Kier alpha value is -4.12. The number of aryl methyl sites for hydroxylation is 1. The van der Waals surface area contributed by atoms with E-state index in [1.807, 2.05) is 48.5 Å². The molecule has 11 nitrogen and oxygen atoms in total. The van der Waals surface area contributed by atoms with Crippen LogP contribution < -0.4 is 5.69 Å². The zero-order valence-corrected chi connectivity index (χ0v) is 20.3. The second-order valence-electron chi connectivity index (χ2n) is 8.56. The predicted molar refractivity (Wildman–Crippen MR) is 132 cm³/mol. The van der Waals surface area contributed by atoms with Gasteiger partial charge in [0.1, 0.15) is 12.4 Å². The van der Waals surface area contributed by atoms with Crippen LogP contribution in [0.15, 0.2) is 53.3 Å².